The van der Waals surface area contributed by atoms with E-state index in [4.69, 9.17) is 0 Å². The van der Waals surface area contributed by atoms with Crippen molar-refractivity contribution in [2.24, 2.45) is 0 Å². The predicted octanol–water partition coefficient (Wildman–Crippen LogP) is 2.79. The molecule has 0 aliphatic heterocycles. The van der Waals surface area contributed by atoms with Gasteiger partial charge in [0.25, 0.3) is 0 Å². The number of hydrogen-bond acceptors (Lipinski definition) is 1. The highest BCUT2D eigenvalue weighted by Crippen LogP contribution is 2.23. The lowest BCUT2D eigenvalue weighted by Crippen LogP contribution is -2.01. The SMILES string of the molecule is Cc1cccc2[nH]cc(CCC(C)O)c12. The van der Waals surface area contributed by atoms with Gasteiger partial charge in [-0.3, -0.25) is 0 Å². The second kappa shape index (κ2) is 4.07. The maximum atomic E-state index is 9.28. The number of aromatic amines is 1. The molecule has 15 heavy (non-hydrogen) atoms. The van der Waals surface area contributed by atoms with Gasteiger partial charge < -0.3 is 10.1 Å². The van der Waals surface area contributed by atoms with E-state index in [1.54, 1.807) is 0 Å². The van der Waals surface area contributed by atoms with E-state index in [0.717, 1.165) is 12.8 Å². The lowest BCUT2D eigenvalue weighted by molar-refractivity contribution is 0.185. The molecule has 2 rings (SSSR count). The van der Waals surface area contributed by atoms with Gasteiger partial charge in [-0.15, -0.1) is 0 Å². The summed E-state index contributed by atoms with van der Waals surface area (Å²) in [4.78, 5) is 3.27. The fourth-order valence-corrected chi connectivity index (χ4v) is 2.01. The van der Waals surface area contributed by atoms with Gasteiger partial charge in [-0.2, -0.15) is 0 Å². The van der Waals surface area contributed by atoms with Crippen molar-refractivity contribution < 1.29 is 5.11 Å². The molecular formula is C13H17NO. The third-order valence-corrected chi connectivity index (χ3v) is 2.83. The summed E-state index contributed by atoms with van der Waals surface area (Å²) in [5.41, 5.74) is 3.80. The van der Waals surface area contributed by atoms with Crippen molar-refractivity contribution in [1.82, 2.24) is 4.98 Å². The normalized spacial score (nSPS) is 13.3. The molecule has 1 aromatic heterocycles. The van der Waals surface area contributed by atoms with Crippen LogP contribution in [0.25, 0.3) is 10.9 Å². The molecule has 1 unspecified atom stereocenters. The number of benzene rings is 1. The van der Waals surface area contributed by atoms with Crippen LogP contribution in [0.5, 0.6) is 0 Å². The first-order valence-corrected chi connectivity index (χ1v) is 5.42. The molecule has 0 aliphatic rings. The lowest BCUT2D eigenvalue weighted by atomic mass is 10.0. The summed E-state index contributed by atoms with van der Waals surface area (Å²) in [6.07, 6.45) is 3.59. The Balaban J connectivity index is 2.35. The minimum atomic E-state index is -0.223. The standard InChI is InChI=1S/C13H17NO/c1-9-4-3-5-12-13(9)11(8-14-12)7-6-10(2)15/h3-5,8,10,14-15H,6-7H2,1-2H3. The molecule has 0 aliphatic carbocycles. The molecule has 0 amide bonds. The highest BCUT2D eigenvalue weighted by Gasteiger charge is 2.06. The summed E-state index contributed by atoms with van der Waals surface area (Å²) in [6, 6.07) is 6.28. The zero-order valence-corrected chi connectivity index (χ0v) is 9.25. The van der Waals surface area contributed by atoms with Crippen molar-refractivity contribution in [3.63, 3.8) is 0 Å². The van der Waals surface area contributed by atoms with Crippen molar-refractivity contribution in [1.29, 1.82) is 0 Å². The van der Waals surface area contributed by atoms with Crippen molar-refractivity contribution in [2.45, 2.75) is 32.8 Å². The molecule has 1 atom stereocenters. The fraction of sp³-hybridized carbons (Fsp3) is 0.385. The highest BCUT2D eigenvalue weighted by atomic mass is 16.3. The highest BCUT2D eigenvalue weighted by molar-refractivity contribution is 5.86. The number of fused-ring (bicyclic) bond motifs is 1. The van der Waals surface area contributed by atoms with Crippen LogP contribution in [-0.2, 0) is 6.42 Å². The molecular weight excluding hydrogens is 186 g/mol. The first-order chi connectivity index (χ1) is 7.18. The maximum absolute atomic E-state index is 9.28. The zero-order chi connectivity index (χ0) is 10.8. The van der Waals surface area contributed by atoms with Crippen molar-refractivity contribution in [3.8, 4) is 0 Å². The number of H-pyrrole nitrogens is 1. The van der Waals surface area contributed by atoms with Crippen LogP contribution in [0.4, 0.5) is 0 Å². The molecule has 0 radical (unpaired) electrons. The molecule has 80 valence electrons. The summed E-state index contributed by atoms with van der Waals surface area (Å²) in [6.45, 7) is 3.96. The smallest absolute Gasteiger partial charge is 0.0515 e. The van der Waals surface area contributed by atoms with E-state index < -0.39 is 0 Å². The first-order valence-electron chi connectivity index (χ1n) is 5.42. The van der Waals surface area contributed by atoms with Crippen molar-refractivity contribution in [2.75, 3.05) is 0 Å². The van der Waals surface area contributed by atoms with Gasteiger partial charge in [0.1, 0.15) is 0 Å². The van der Waals surface area contributed by atoms with Crippen LogP contribution in [-0.4, -0.2) is 16.2 Å². The number of aliphatic hydroxyl groups excluding tert-OH is 1. The van der Waals surface area contributed by atoms with E-state index in [2.05, 4.69) is 36.3 Å². The molecule has 0 saturated heterocycles. The van der Waals surface area contributed by atoms with E-state index in [0.29, 0.717) is 0 Å². The van der Waals surface area contributed by atoms with E-state index in [1.165, 1.54) is 22.0 Å². The minimum absolute atomic E-state index is 0.223. The van der Waals surface area contributed by atoms with E-state index in [9.17, 15) is 5.11 Å². The number of rotatable bonds is 3. The Bertz CT molecular complexity index is 457. The Labute approximate surface area is 89.9 Å². The third kappa shape index (κ3) is 2.05. The van der Waals surface area contributed by atoms with E-state index >= 15 is 0 Å². The van der Waals surface area contributed by atoms with E-state index in [-0.39, 0.29) is 6.10 Å². The summed E-state index contributed by atoms with van der Waals surface area (Å²) in [5.74, 6) is 0. The monoisotopic (exact) mass is 203 g/mol. The molecule has 0 fully saturated rings. The van der Waals surface area contributed by atoms with Crippen LogP contribution in [0, 0.1) is 6.92 Å². The Morgan fingerprint density at radius 2 is 2.20 bits per heavy atom. The molecule has 0 bridgehead atoms. The Morgan fingerprint density at radius 3 is 2.93 bits per heavy atom. The van der Waals surface area contributed by atoms with Gasteiger partial charge >= 0.3 is 0 Å². The van der Waals surface area contributed by atoms with Crippen LogP contribution in [0.15, 0.2) is 24.4 Å². The topological polar surface area (TPSA) is 36.0 Å². The van der Waals surface area contributed by atoms with Crippen LogP contribution < -0.4 is 0 Å². The minimum Gasteiger partial charge on any atom is -0.393 e. The summed E-state index contributed by atoms with van der Waals surface area (Å²) >= 11 is 0. The molecule has 1 aromatic carbocycles. The molecule has 2 N–H and O–H groups in total. The van der Waals surface area contributed by atoms with Gasteiger partial charge in [0.2, 0.25) is 0 Å². The van der Waals surface area contributed by atoms with Crippen LogP contribution in [0.1, 0.15) is 24.5 Å². The zero-order valence-electron chi connectivity index (χ0n) is 9.25. The first kappa shape index (κ1) is 10.2. The van der Waals surface area contributed by atoms with Gasteiger partial charge in [-0.05, 0) is 43.9 Å². The largest absolute Gasteiger partial charge is 0.393 e. The second-order valence-electron chi connectivity index (χ2n) is 4.20. The fourth-order valence-electron chi connectivity index (χ4n) is 2.01. The predicted molar refractivity (Wildman–Crippen MR) is 63.0 cm³/mol. The quantitative estimate of drug-likeness (QED) is 0.790. The van der Waals surface area contributed by atoms with E-state index in [1.807, 2.05) is 6.92 Å². The lowest BCUT2D eigenvalue weighted by Gasteiger charge is -2.04. The Kier molecular flexibility index (Phi) is 2.78. The van der Waals surface area contributed by atoms with Crippen LogP contribution >= 0.6 is 0 Å². The maximum Gasteiger partial charge on any atom is 0.0515 e. The second-order valence-corrected chi connectivity index (χ2v) is 4.20. The molecule has 0 spiro atoms. The summed E-state index contributed by atoms with van der Waals surface area (Å²) in [7, 11) is 0. The molecule has 2 heteroatoms. The Morgan fingerprint density at radius 1 is 1.40 bits per heavy atom. The van der Waals surface area contributed by atoms with Gasteiger partial charge in [0.05, 0.1) is 6.10 Å². The number of aliphatic hydroxyl groups is 1. The summed E-state index contributed by atoms with van der Waals surface area (Å²) in [5, 5.41) is 10.6. The molecule has 2 aromatic rings. The molecule has 1 heterocycles. The Hall–Kier alpha value is -1.28. The molecule has 2 nitrogen and oxygen atoms in total. The van der Waals surface area contributed by atoms with Crippen molar-refractivity contribution >= 4 is 10.9 Å². The van der Waals surface area contributed by atoms with Gasteiger partial charge in [0.15, 0.2) is 0 Å². The van der Waals surface area contributed by atoms with Crippen LogP contribution in [0.2, 0.25) is 0 Å². The van der Waals surface area contributed by atoms with Crippen LogP contribution in [0.3, 0.4) is 0 Å². The number of aryl methyl sites for hydroxylation is 2. The van der Waals surface area contributed by atoms with Gasteiger partial charge in [-0.25, -0.2) is 0 Å². The summed E-state index contributed by atoms with van der Waals surface area (Å²) < 4.78 is 0. The molecule has 0 saturated carbocycles. The average molecular weight is 203 g/mol. The van der Waals surface area contributed by atoms with Gasteiger partial charge in [-0.1, -0.05) is 12.1 Å². The number of nitrogens with one attached hydrogen (secondary N) is 1. The number of hydrogen-bond donors (Lipinski definition) is 2. The third-order valence-electron chi connectivity index (χ3n) is 2.83. The van der Waals surface area contributed by atoms with Crippen molar-refractivity contribution in [3.05, 3.63) is 35.5 Å². The average Bonchev–Trinajstić information content (AvgIpc) is 2.59. The number of aromatic nitrogens is 1. The van der Waals surface area contributed by atoms with Gasteiger partial charge in [0, 0.05) is 17.1 Å².